The predicted molar refractivity (Wildman–Crippen MR) is 78.1 cm³/mol. The standard InChI is InChI=1S/C14H11BrFNO4/c1-20-12-7-3-5-10(15)14(12)21-8-9-4-2-6-11(13(9)16)17(18)19/h2-7H,8H2,1H3. The van der Waals surface area contributed by atoms with Crippen molar-refractivity contribution in [2.24, 2.45) is 0 Å². The van der Waals surface area contributed by atoms with Crippen LogP contribution in [0.5, 0.6) is 11.5 Å². The average molecular weight is 356 g/mol. The summed E-state index contributed by atoms with van der Waals surface area (Å²) in [5.74, 6) is -0.00496. The summed E-state index contributed by atoms with van der Waals surface area (Å²) in [5, 5.41) is 10.7. The van der Waals surface area contributed by atoms with E-state index < -0.39 is 16.4 Å². The maximum atomic E-state index is 13.9. The summed E-state index contributed by atoms with van der Waals surface area (Å²) >= 11 is 3.31. The lowest BCUT2D eigenvalue weighted by molar-refractivity contribution is -0.387. The second-order valence-electron chi connectivity index (χ2n) is 4.07. The molecule has 5 nitrogen and oxygen atoms in total. The van der Waals surface area contributed by atoms with Crippen molar-refractivity contribution in [3.05, 3.63) is 62.4 Å². The molecule has 0 unspecified atom stereocenters. The number of nitro groups is 1. The van der Waals surface area contributed by atoms with Gasteiger partial charge in [-0.1, -0.05) is 18.2 Å². The van der Waals surface area contributed by atoms with E-state index in [1.807, 2.05) is 0 Å². The van der Waals surface area contributed by atoms with Crippen molar-refractivity contribution in [2.75, 3.05) is 7.11 Å². The Labute approximate surface area is 128 Å². The van der Waals surface area contributed by atoms with Crippen LogP contribution in [0.1, 0.15) is 5.56 Å². The Kier molecular flexibility index (Phi) is 4.74. The summed E-state index contributed by atoms with van der Waals surface area (Å²) in [6, 6.07) is 9.18. The number of hydrogen-bond acceptors (Lipinski definition) is 4. The fourth-order valence-corrected chi connectivity index (χ4v) is 2.22. The van der Waals surface area contributed by atoms with Gasteiger partial charge in [0, 0.05) is 11.6 Å². The van der Waals surface area contributed by atoms with Crippen molar-refractivity contribution in [3.8, 4) is 11.5 Å². The molecule has 0 spiro atoms. The molecule has 0 bridgehead atoms. The van der Waals surface area contributed by atoms with Crippen molar-refractivity contribution in [3.63, 3.8) is 0 Å². The number of nitrogens with zero attached hydrogens (tertiary/aromatic N) is 1. The number of ether oxygens (including phenoxy) is 2. The van der Waals surface area contributed by atoms with E-state index in [0.717, 1.165) is 6.07 Å². The minimum Gasteiger partial charge on any atom is -0.493 e. The molecule has 110 valence electrons. The maximum Gasteiger partial charge on any atom is 0.305 e. The zero-order valence-electron chi connectivity index (χ0n) is 11.0. The number of nitro benzene ring substituents is 1. The number of rotatable bonds is 5. The third-order valence-electron chi connectivity index (χ3n) is 2.78. The van der Waals surface area contributed by atoms with Crippen LogP contribution in [-0.4, -0.2) is 12.0 Å². The Morgan fingerprint density at radius 2 is 2.00 bits per heavy atom. The van der Waals surface area contributed by atoms with Crippen LogP contribution >= 0.6 is 15.9 Å². The molecule has 2 aromatic rings. The minimum atomic E-state index is -0.895. The lowest BCUT2D eigenvalue weighted by Gasteiger charge is -2.12. The third kappa shape index (κ3) is 3.30. The van der Waals surface area contributed by atoms with E-state index in [0.29, 0.717) is 16.0 Å². The summed E-state index contributed by atoms with van der Waals surface area (Å²) in [4.78, 5) is 9.93. The smallest absolute Gasteiger partial charge is 0.305 e. The van der Waals surface area contributed by atoms with Gasteiger partial charge in [0.1, 0.15) is 6.61 Å². The number of halogens is 2. The van der Waals surface area contributed by atoms with Crippen LogP contribution in [0.2, 0.25) is 0 Å². The van der Waals surface area contributed by atoms with Gasteiger partial charge in [-0.2, -0.15) is 4.39 Å². The SMILES string of the molecule is COc1cccc(Br)c1OCc1cccc([N+](=O)[O-])c1F. The van der Waals surface area contributed by atoms with Gasteiger partial charge in [-0.15, -0.1) is 0 Å². The van der Waals surface area contributed by atoms with Gasteiger partial charge >= 0.3 is 5.69 Å². The zero-order chi connectivity index (χ0) is 15.4. The third-order valence-corrected chi connectivity index (χ3v) is 3.40. The highest BCUT2D eigenvalue weighted by atomic mass is 79.9. The molecule has 21 heavy (non-hydrogen) atoms. The first kappa shape index (κ1) is 15.2. The van der Waals surface area contributed by atoms with Gasteiger partial charge in [-0.3, -0.25) is 10.1 Å². The fourth-order valence-electron chi connectivity index (χ4n) is 1.76. The van der Waals surface area contributed by atoms with Crippen molar-refractivity contribution in [1.29, 1.82) is 0 Å². The summed E-state index contributed by atoms with van der Waals surface area (Å²) in [6.45, 7) is -0.146. The average Bonchev–Trinajstić information content (AvgIpc) is 2.46. The Morgan fingerprint density at radius 3 is 2.67 bits per heavy atom. The molecular formula is C14H11BrFNO4. The van der Waals surface area contributed by atoms with E-state index in [1.165, 1.54) is 19.2 Å². The Balaban J connectivity index is 2.25. The highest BCUT2D eigenvalue weighted by Gasteiger charge is 2.18. The van der Waals surface area contributed by atoms with Crippen LogP contribution in [0.25, 0.3) is 0 Å². The van der Waals surface area contributed by atoms with Crippen LogP contribution in [0, 0.1) is 15.9 Å². The number of methoxy groups -OCH3 is 1. The van der Waals surface area contributed by atoms with Gasteiger partial charge in [0.2, 0.25) is 5.82 Å². The normalized spacial score (nSPS) is 10.2. The summed E-state index contributed by atoms with van der Waals surface area (Å²) in [6.07, 6.45) is 0. The zero-order valence-corrected chi connectivity index (χ0v) is 12.6. The number of benzene rings is 2. The second kappa shape index (κ2) is 6.53. The highest BCUT2D eigenvalue weighted by Crippen LogP contribution is 2.35. The van der Waals surface area contributed by atoms with Crippen molar-refractivity contribution < 1.29 is 18.8 Å². The Bertz CT molecular complexity index is 678. The molecule has 0 atom stereocenters. The summed E-state index contributed by atoms with van der Waals surface area (Å²) in [7, 11) is 1.49. The predicted octanol–water partition coefficient (Wildman–Crippen LogP) is 4.08. The van der Waals surface area contributed by atoms with Gasteiger partial charge in [0.15, 0.2) is 11.5 Å². The molecule has 0 N–H and O–H groups in total. The summed E-state index contributed by atoms with van der Waals surface area (Å²) < 4.78 is 25.3. The van der Waals surface area contributed by atoms with Crippen LogP contribution in [0.15, 0.2) is 40.9 Å². The topological polar surface area (TPSA) is 61.6 Å². The second-order valence-corrected chi connectivity index (χ2v) is 4.92. The molecule has 0 aliphatic heterocycles. The fraction of sp³-hybridized carbons (Fsp3) is 0.143. The first-order valence-electron chi connectivity index (χ1n) is 5.91. The minimum absolute atomic E-state index is 0.0991. The van der Waals surface area contributed by atoms with E-state index in [1.54, 1.807) is 18.2 Å². The molecule has 0 saturated carbocycles. The van der Waals surface area contributed by atoms with E-state index in [4.69, 9.17) is 9.47 Å². The molecule has 0 saturated heterocycles. The molecule has 0 aliphatic carbocycles. The van der Waals surface area contributed by atoms with E-state index in [9.17, 15) is 14.5 Å². The molecule has 2 rings (SSSR count). The lowest BCUT2D eigenvalue weighted by Crippen LogP contribution is -2.03. The van der Waals surface area contributed by atoms with Gasteiger partial charge in [-0.05, 0) is 28.1 Å². The monoisotopic (exact) mass is 355 g/mol. The highest BCUT2D eigenvalue weighted by molar-refractivity contribution is 9.10. The lowest BCUT2D eigenvalue weighted by atomic mass is 10.2. The largest absolute Gasteiger partial charge is 0.493 e. The molecule has 0 radical (unpaired) electrons. The van der Waals surface area contributed by atoms with E-state index >= 15 is 0 Å². The summed E-state index contributed by atoms with van der Waals surface area (Å²) in [5.41, 5.74) is -0.475. The molecule has 7 heteroatoms. The number of para-hydroxylation sites is 1. The molecule has 0 fully saturated rings. The van der Waals surface area contributed by atoms with Gasteiger partial charge in [0.25, 0.3) is 0 Å². The molecule has 0 amide bonds. The van der Waals surface area contributed by atoms with Crippen molar-refractivity contribution in [1.82, 2.24) is 0 Å². The molecule has 0 heterocycles. The molecular weight excluding hydrogens is 345 g/mol. The quantitative estimate of drug-likeness (QED) is 0.598. The van der Waals surface area contributed by atoms with Crippen molar-refractivity contribution >= 4 is 21.6 Å². The van der Waals surface area contributed by atoms with Crippen molar-refractivity contribution in [2.45, 2.75) is 6.61 Å². The van der Waals surface area contributed by atoms with Crippen LogP contribution < -0.4 is 9.47 Å². The Morgan fingerprint density at radius 1 is 1.29 bits per heavy atom. The first-order chi connectivity index (χ1) is 10.0. The van der Waals surface area contributed by atoms with E-state index in [2.05, 4.69) is 15.9 Å². The maximum absolute atomic E-state index is 13.9. The van der Waals surface area contributed by atoms with Crippen LogP contribution in [0.4, 0.5) is 10.1 Å². The molecule has 0 aliphatic rings. The van der Waals surface area contributed by atoms with Gasteiger partial charge in [0.05, 0.1) is 16.5 Å². The first-order valence-corrected chi connectivity index (χ1v) is 6.71. The van der Waals surface area contributed by atoms with Gasteiger partial charge in [-0.25, -0.2) is 0 Å². The molecule has 2 aromatic carbocycles. The van der Waals surface area contributed by atoms with Gasteiger partial charge < -0.3 is 9.47 Å². The van der Waals surface area contributed by atoms with E-state index in [-0.39, 0.29) is 12.2 Å². The molecule has 0 aromatic heterocycles. The Hall–Kier alpha value is -2.15. The van der Waals surface area contributed by atoms with Crippen LogP contribution in [-0.2, 0) is 6.61 Å². The van der Waals surface area contributed by atoms with Crippen LogP contribution in [0.3, 0.4) is 0 Å². The number of hydrogen-bond donors (Lipinski definition) is 0.